The lowest BCUT2D eigenvalue weighted by molar-refractivity contribution is -0.137. The molecule has 1 aromatic carbocycles. The van der Waals surface area contributed by atoms with Crippen LogP contribution in [0.15, 0.2) is 30.0 Å². The summed E-state index contributed by atoms with van der Waals surface area (Å²) in [5.74, 6) is -0.617. The first-order valence-corrected chi connectivity index (χ1v) is 9.84. The number of rotatable bonds is 7. The number of carbonyl (C=O) groups excluding carboxylic acids is 3. The maximum absolute atomic E-state index is 13.1. The summed E-state index contributed by atoms with van der Waals surface area (Å²) in [4.78, 5) is 40.8. The zero-order valence-electron chi connectivity index (χ0n) is 16.5. The Bertz CT molecular complexity index is 779. The van der Waals surface area contributed by atoms with Crippen LogP contribution in [-0.2, 0) is 19.1 Å². The number of hydrogen-bond donors (Lipinski definition) is 1. The molecule has 0 aromatic heterocycles. The Morgan fingerprint density at radius 1 is 1.07 bits per heavy atom. The number of amides is 3. The SMILES string of the molecule is CCCCCN1C(=O)C(c2ccc(NC(C)=O)cc2)=C(N2CCOCC2)C1=O. The van der Waals surface area contributed by atoms with E-state index in [1.807, 2.05) is 4.90 Å². The van der Waals surface area contributed by atoms with E-state index in [0.29, 0.717) is 55.4 Å². The van der Waals surface area contributed by atoms with Crippen molar-refractivity contribution in [3.05, 3.63) is 35.5 Å². The molecule has 0 saturated carbocycles. The van der Waals surface area contributed by atoms with Crippen molar-refractivity contribution in [2.24, 2.45) is 0 Å². The lowest BCUT2D eigenvalue weighted by atomic mass is 10.0. The highest BCUT2D eigenvalue weighted by Gasteiger charge is 2.41. The summed E-state index contributed by atoms with van der Waals surface area (Å²) in [6.45, 7) is 6.22. The third kappa shape index (κ3) is 4.25. The largest absolute Gasteiger partial charge is 0.378 e. The number of imide groups is 1. The fourth-order valence-electron chi connectivity index (χ4n) is 3.55. The molecule has 7 nitrogen and oxygen atoms in total. The summed E-state index contributed by atoms with van der Waals surface area (Å²) in [7, 11) is 0. The first kappa shape index (κ1) is 20.1. The highest BCUT2D eigenvalue weighted by molar-refractivity contribution is 6.35. The van der Waals surface area contributed by atoms with E-state index < -0.39 is 0 Å². The second-order valence-electron chi connectivity index (χ2n) is 7.05. The second-order valence-corrected chi connectivity index (χ2v) is 7.05. The molecule has 1 N–H and O–H groups in total. The van der Waals surface area contributed by atoms with Crippen molar-refractivity contribution in [2.45, 2.75) is 33.1 Å². The van der Waals surface area contributed by atoms with Crippen LogP contribution in [0.3, 0.4) is 0 Å². The molecule has 3 rings (SSSR count). The van der Waals surface area contributed by atoms with Crippen molar-refractivity contribution in [3.63, 3.8) is 0 Å². The van der Waals surface area contributed by atoms with Crippen LogP contribution in [0.2, 0.25) is 0 Å². The van der Waals surface area contributed by atoms with Gasteiger partial charge in [0.1, 0.15) is 5.70 Å². The van der Waals surface area contributed by atoms with Gasteiger partial charge in [-0.05, 0) is 24.1 Å². The zero-order chi connectivity index (χ0) is 20.1. The molecule has 0 atom stereocenters. The number of carbonyl (C=O) groups is 3. The summed E-state index contributed by atoms with van der Waals surface area (Å²) in [5, 5.41) is 2.72. The number of nitrogens with one attached hydrogen (secondary N) is 1. The number of benzene rings is 1. The van der Waals surface area contributed by atoms with E-state index in [4.69, 9.17) is 4.74 Å². The Morgan fingerprint density at radius 3 is 2.36 bits per heavy atom. The highest BCUT2D eigenvalue weighted by Crippen LogP contribution is 2.32. The van der Waals surface area contributed by atoms with Gasteiger partial charge in [-0.3, -0.25) is 19.3 Å². The predicted molar refractivity (Wildman–Crippen MR) is 106 cm³/mol. The molecule has 0 spiro atoms. The summed E-state index contributed by atoms with van der Waals surface area (Å²) >= 11 is 0. The highest BCUT2D eigenvalue weighted by atomic mass is 16.5. The number of unbranched alkanes of at least 4 members (excludes halogenated alkanes) is 2. The molecule has 28 heavy (non-hydrogen) atoms. The second kappa shape index (κ2) is 9.01. The standard InChI is InChI=1S/C21H27N3O4/c1-3-4-5-10-24-20(26)18(16-6-8-17(9-7-16)22-15(2)25)19(21(24)27)23-11-13-28-14-12-23/h6-9H,3-5,10-14H2,1-2H3,(H,22,25). The van der Waals surface area contributed by atoms with E-state index in [-0.39, 0.29) is 17.7 Å². The maximum atomic E-state index is 13.1. The van der Waals surface area contributed by atoms with Crippen LogP contribution in [0.25, 0.3) is 5.57 Å². The molecule has 2 aliphatic heterocycles. The molecule has 2 aliphatic rings. The lowest BCUT2D eigenvalue weighted by Gasteiger charge is -2.29. The summed E-state index contributed by atoms with van der Waals surface area (Å²) in [6.07, 6.45) is 2.81. The third-order valence-electron chi connectivity index (χ3n) is 4.95. The van der Waals surface area contributed by atoms with E-state index in [2.05, 4.69) is 12.2 Å². The zero-order valence-corrected chi connectivity index (χ0v) is 16.5. The Hall–Kier alpha value is -2.67. The molecule has 0 unspecified atom stereocenters. The van der Waals surface area contributed by atoms with Crippen LogP contribution in [0, 0.1) is 0 Å². The van der Waals surface area contributed by atoms with Crippen molar-refractivity contribution >= 4 is 29.0 Å². The van der Waals surface area contributed by atoms with Gasteiger partial charge < -0.3 is 15.0 Å². The van der Waals surface area contributed by atoms with E-state index in [1.165, 1.54) is 11.8 Å². The minimum atomic E-state index is -0.241. The molecule has 1 saturated heterocycles. The molecule has 0 bridgehead atoms. The molecular weight excluding hydrogens is 358 g/mol. The summed E-state index contributed by atoms with van der Waals surface area (Å²) in [6, 6.07) is 7.06. The van der Waals surface area contributed by atoms with Crippen LogP contribution in [0.1, 0.15) is 38.7 Å². The average molecular weight is 385 g/mol. The van der Waals surface area contributed by atoms with Crippen molar-refractivity contribution in [1.82, 2.24) is 9.80 Å². The van der Waals surface area contributed by atoms with Gasteiger partial charge in [-0.25, -0.2) is 0 Å². The van der Waals surface area contributed by atoms with Crippen LogP contribution in [-0.4, -0.2) is 60.4 Å². The quantitative estimate of drug-likeness (QED) is 0.575. The van der Waals surface area contributed by atoms with Gasteiger partial charge in [0.2, 0.25) is 5.91 Å². The van der Waals surface area contributed by atoms with Gasteiger partial charge in [0.25, 0.3) is 11.8 Å². The van der Waals surface area contributed by atoms with E-state index in [9.17, 15) is 14.4 Å². The summed E-state index contributed by atoms with van der Waals surface area (Å²) in [5.41, 5.74) is 2.25. The Morgan fingerprint density at radius 2 is 1.75 bits per heavy atom. The van der Waals surface area contributed by atoms with Crippen LogP contribution >= 0.6 is 0 Å². The number of anilines is 1. The molecule has 1 aromatic rings. The molecule has 150 valence electrons. The Kier molecular flexibility index (Phi) is 6.46. The monoisotopic (exact) mass is 385 g/mol. The van der Waals surface area contributed by atoms with E-state index in [1.54, 1.807) is 24.3 Å². The molecule has 2 heterocycles. The van der Waals surface area contributed by atoms with Gasteiger partial charge in [0.15, 0.2) is 0 Å². The lowest BCUT2D eigenvalue weighted by Crippen LogP contribution is -2.40. The number of morpholine rings is 1. The number of hydrogen-bond acceptors (Lipinski definition) is 5. The van der Waals surface area contributed by atoms with E-state index in [0.717, 1.165) is 19.3 Å². The smallest absolute Gasteiger partial charge is 0.277 e. The maximum Gasteiger partial charge on any atom is 0.277 e. The van der Waals surface area contributed by atoms with Crippen molar-refractivity contribution in [3.8, 4) is 0 Å². The van der Waals surface area contributed by atoms with Crippen molar-refractivity contribution < 1.29 is 19.1 Å². The van der Waals surface area contributed by atoms with Crippen LogP contribution < -0.4 is 5.32 Å². The number of ether oxygens (including phenoxy) is 1. The number of nitrogens with zero attached hydrogens (tertiary/aromatic N) is 2. The van der Waals surface area contributed by atoms with Gasteiger partial charge in [0, 0.05) is 32.2 Å². The topological polar surface area (TPSA) is 79.0 Å². The minimum absolute atomic E-state index is 0.157. The minimum Gasteiger partial charge on any atom is -0.378 e. The first-order chi connectivity index (χ1) is 13.5. The third-order valence-corrected chi connectivity index (χ3v) is 4.95. The van der Waals surface area contributed by atoms with Crippen LogP contribution in [0.4, 0.5) is 5.69 Å². The fourth-order valence-corrected chi connectivity index (χ4v) is 3.55. The predicted octanol–water partition coefficient (Wildman–Crippen LogP) is 2.25. The van der Waals surface area contributed by atoms with Crippen molar-refractivity contribution in [2.75, 3.05) is 38.2 Å². The molecule has 1 fully saturated rings. The molecular formula is C21H27N3O4. The molecule has 3 amide bonds. The summed E-state index contributed by atoms with van der Waals surface area (Å²) < 4.78 is 5.41. The van der Waals surface area contributed by atoms with Gasteiger partial charge in [-0.15, -0.1) is 0 Å². The van der Waals surface area contributed by atoms with Gasteiger partial charge in [-0.2, -0.15) is 0 Å². The molecule has 0 aliphatic carbocycles. The van der Waals surface area contributed by atoms with Crippen LogP contribution in [0.5, 0.6) is 0 Å². The van der Waals surface area contributed by atoms with Gasteiger partial charge >= 0.3 is 0 Å². The van der Waals surface area contributed by atoms with Gasteiger partial charge in [-0.1, -0.05) is 31.9 Å². The molecule has 7 heteroatoms. The fraction of sp³-hybridized carbons (Fsp3) is 0.476. The Balaban J connectivity index is 1.93. The van der Waals surface area contributed by atoms with Crippen molar-refractivity contribution in [1.29, 1.82) is 0 Å². The first-order valence-electron chi connectivity index (χ1n) is 9.84. The Labute approximate surface area is 165 Å². The normalized spacial score (nSPS) is 17.5. The molecule has 0 radical (unpaired) electrons. The van der Waals surface area contributed by atoms with Gasteiger partial charge in [0.05, 0.1) is 18.8 Å². The van der Waals surface area contributed by atoms with E-state index >= 15 is 0 Å². The average Bonchev–Trinajstić information content (AvgIpc) is 2.93.